The van der Waals surface area contributed by atoms with E-state index in [1.807, 2.05) is 42.5 Å². The smallest absolute Gasteiger partial charge is 0.191 e. The average molecular weight is 383 g/mol. The molecule has 150 valence electrons. The Balaban J connectivity index is 1.90. The van der Waals surface area contributed by atoms with Crippen molar-refractivity contribution in [1.29, 1.82) is 0 Å². The zero-order valence-electron chi connectivity index (χ0n) is 16.8. The van der Waals surface area contributed by atoms with Gasteiger partial charge in [-0.1, -0.05) is 30.9 Å². The first-order chi connectivity index (χ1) is 13.7. The van der Waals surface area contributed by atoms with Crippen LogP contribution in [0, 0.1) is 0 Å². The minimum Gasteiger partial charge on any atom is -0.497 e. The standard InChI is InChI=1S/C22H29N3O3/c1-5-14-28-21-9-7-6-8-18(21)16-25-22(23-2)24-13-12-17-15-19(26-3)10-11-20(17)27-4/h5-11,15H,1,12-14,16H2,2-4H3,(H2,23,24,25). The van der Waals surface area contributed by atoms with E-state index in [0.29, 0.717) is 19.7 Å². The zero-order chi connectivity index (χ0) is 20.2. The van der Waals surface area contributed by atoms with Crippen molar-refractivity contribution in [3.05, 3.63) is 66.2 Å². The number of methoxy groups -OCH3 is 2. The van der Waals surface area contributed by atoms with E-state index < -0.39 is 0 Å². The van der Waals surface area contributed by atoms with Gasteiger partial charge >= 0.3 is 0 Å². The van der Waals surface area contributed by atoms with E-state index in [4.69, 9.17) is 14.2 Å². The normalized spacial score (nSPS) is 10.9. The van der Waals surface area contributed by atoms with Crippen molar-refractivity contribution >= 4 is 5.96 Å². The van der Waals surface area contributed by atoms with Gasteiger partial charge in [0.25, 0.3) is 0 Å². The number of hydrogen-bond donors (Lipinski definition) is 2. The molecule has 2 aromatic rings. The van der Waals surface area contributed by atoms with Crippen LogP contribution in [0.4, 0.5) is 0 Å². The van der Waals surface area contributed by atoms with Gasteiger partial charge in [0.15, 0.2) is 5.96 Å². The number of nitrogens with one attached hydrogen (secondary N) is 2. The summed E-state index contributed by atoms with van der Waals surface area (Å²) in [5.74, 6) is 3.22. The fraction of sp³-hybridized carbons (Fsp3) is 0.318. The van der Waals surface area contributed by atoms with E-state index in [1.165, 1.54) is 0 Å². The van der Waals surface area contributed by atoms with Crippen LogP contribution in [0.5, 0.6) is 17.2 Å². The molecule has 0 unspecified atom stereocenters. The topological polar surface area (TPSA) is 64.1 Å². The van der Waals surface area contributed by atoms with E-state index in [2.05, 4.69) is 22.2 Å². The van der Waals surface area contributed by atoms with Crippen molar-refractivity contribution in [3.63, 3.8) is 0 Å². The van der Waals surface area contributed by atoms with Gasteiger partial charge in [0.1, 0.15) is 23.9 Å². The maximum atomic E-state index is 5.69. The molecule has 6 heteroatoms. The van der Waals surface area contributed by atoms with Crippen LogP contribution in [0.15, 0.2) is 60.1 Å². The van der Waals surface area contributed by atoms with Gasteiger partial charge in [-0.2, -0.15) is 0 Å². The molecule has 0 amide bonds. The molecule has 0 radical (unpaired) electrons. The lowest BCUT2D eigenvalue weighted by atomic mass is 10.1. The molecule has 2 aromatic carbocycles. The molecule has 0 aliphatic heterocycles. The summed E-state index contributed by atoms with van der Waals surface area (Å²) in [6, 6.07) is 13.7. The second-order valence-corrected chi connectivity index (χ2v) is 5.99. The highest BCUT2D eigenvalue weighted by Crippen LogP contribution is 2.24. The molecule has 0 bridgehead atoms. The monoisotopic (exact) mass is 383 g/mol. The molecule has 0 atom stereocenters. The summed E-state index contributed by atoms with van der Waals surface area (Å²) in [5, 5.41) is 6.64. The number of rotatable bonds is 10. The van der Waals surface area contributed by atoms with Gasteiger partial charge in [0.05, 0.1) is 14.2 Å². The highest BCUT2D eigenvalue weighted by atomic mass is 16.5. The van der Waals surface area contributed by atoms with E-state index in [1.54, 1.807) is 27.3 Å². The van der Waals surface area contributed by atoms with Crippen LogP contribution in [0.25, 0.3) is 0 Å². The Hall–Kier alpha value is -3.15. The number of guanidine groups is 1. The van der Waals surface area contributed by atoms with Gasteiger partial charge in [0.2, 0.25) is 0 Å². The zero-order valence-corrected chi connectivity index (χ0v) is 16.8. The second kappa shape index (κ2) is 11.5. The number of ether oxygens (including phenoxy) is 3. The lowest BCUT2D eigenvalue weighted by Gasteiger charge is -2.15. The number of benzene rings is 2. The van der Waals surface area contributed by atoms with Gasteiger partial charge < -0.3 is 24.8 Å². The van der Waals surface area contributed by atoms with Crippen molar-refractivity contribution in [2.45, 2.75) is 13.0 Å². The third-order valence-electron chi connectivity index (χ3n) is 4.17. The van der Waals surface area contributed by atoms with Crippen molar-refractivity contribution in [3.8, 4) is 17.2 Å². The van der Waals surface area contributed by atoms with Crippen LogP contribution in [-0.2, 0) is 13.0 Å². The molecule has 0 heterocycles. The Morgan fingerprint density at radius 3 is 2.57 bits per heavy atom. The number of para-hydroxylation sites is 1. The molecule has 28 heavy (non-hydrogen) atoms. The van der Waals surface area contributed by atoms with E-state index in [-0.39, 0.29) is 0 Å². The minimum atomic E-state index is 0.479. The van der Waals surface area contributed by atoms with Crippen molar-refractivity contribution < 1.29 is 14.2 Å². The Morgan fingerprint density at radius 2 is 1.86 bits per heavy atom. The molecule has 0 spiro atoms. The summed E-state index contributed by atoms with van der Waals surface area (Å²) >= 11 is 0. The SMILES string of the molecule is C=CCOc1ccccc1CNC(=NC)NCCc1cc(OC)ccc1OC. The third kappa shape index (κ3) is 6.23. The fourth-order valence-electron chi connectivity index (χ4n) is 2.73. The van der Waals surface area contributed by atoms with Gasteiger partial charge in [-0.15, -0.1) is 0 Å². The van der Waals surface area contributed by atoms with Gasteiger partial charge in [-0.3, -0.25) is 4.99 Å². The Bertz CT molecular complexity index is 790. The summed E-state index contributed by atoms with van der Waals surface area (Å²) in [4.78, 5) is 4.28. The molecule has 0 saturated carbocycles. The summed E-state index contributed by atoms with van der Waals surface area (Å²) in [6.45, 7) is 5.48. The molecule has 0 aromatic heterocycles. The van der Waals surface area contributed by atoms with E-state index >= 15 is 0 Å². The summed E-state index contributed by atoms with van der Waals surface area (Å²) < 4.78 is 16.4. The second-order valence-electron chi connectivity index (χ2n) is 5.99. The van der Waals surface area contributed by atoms with Crippen LogP contribution < -0.4 is 24.8 Å². The fourth-order valence-corrected chi connectivity index (χ4v) is 2.73. The number of nitrogens with zero attached hydrogens (tertiary/aromatic N) is 1. The Labute approximate surface area is 167 Å². The summed E-state index contributed by atoms with van der Waals surface area (Å²) in [7, 11) is 5.08. The number of hydrogen-bond acceptors (Lipinski definition) is 4. The highest BCUT2D eigenvalue weighted by Gasteiger charge is 2.07. The summed E-state index contributed by atoms with van der Waals surface area (Å²) in [5.41, 5.74) is 2.13. The minimum absolute atomic E-state index is 0.479. The van der Waals surface area contributed by atoms with Crippen LogP contribution in [-0.4, -0.2) is 40.4 Å². The molecule has 2 rings (SSSR count). The molecular formula is C22H29N3O3. The van der Waals surface area contributed by atoms with Gasteiger partial charge in [0, 0.05) is 25.7 Å². The van der Waals surface area contributed by atoms with Crippen molar-refractivity contribution in [2.24, 2.45) is 4.99 Å². The lowest BCUT2D eigenvalue weighted by molar-refractivity contribution is 0.358. The average Bonchev–Trinajstić information content (AvgIpc) is 2.75. The van der Waals surface area contributed by atoms with Crippen LogP contribution in [0.1, 0.15) is 11.1 Å². The van der Waals surface area contributed by atoms with Crippen LogP contribution in [0.3, 0.4) is 0 Å². The maximum absolute atomic E-state index is 5.69. The van der Waals surface area contributed by atoms with Gasteiger partial charge in [-0.05, 0) is 36.2 Å². The quantitative estimate of drug-likeness (QED) is 0.375. The first kappa shape index (κ1) is 21.2. The molecule has 0 aliphatic carbocycles. The predicted molar refractivity (Wildman–Crippen MR) is 114 cm³/mol. The van der Waals surface area contributed by atoms with Crippen LogP contribution in [0.2, 0.25) is 0 Å². The van der Waals surface area contributed by atoms with Gasteiger partial charge in [-0.25, -0.2) is 0 Å². The van der Waals surface area contributed by atoms with E-state index in [0.717, 1.165) is 40.8 Å². The Morgan fingerprint density at radius 1 is 1.04 bits per heavy atom. The first-order valence-corrected chi connectivity index (χ1v) is 9.18. The third-order valence-corrected chi connectivity index (χ3v) is 4.17. The first-order valence-electron chi connectivity index (χ1n) is 9.18. The lowest BCUT2D eigenvalue weighted by Crippen LogP contribution is -2.38. The molecular weight excluding hydrogens is 354 g/mol. The highest BCUT2D eigenvalue weighted by molar-refractivity contribution is 5.79. The molecule has 0 saturated heterocycles. The summed E-state index contributed by atoms with van der Waals surface area (Å²) in [6.07, 6.45) is 2.51. The van der Waals surface area contributed by atoms with Crippen molar-refractivity contribution in [1.82, 2.24) is 10.6 Å². The van der Waals surface area contributed by atoms with Crippen LogP contribution >= 0.6 is 0 Å². The Kier molecular flexibility index (Phi) is 8.72. The maximum Gasteiger partial charge on any atom is 0.191 e. The molecule has 0 fully saturated rings. The predicted octanol–water partition coefficient (Wildman–Crippen LogP) is 3.18. The molecule has 6 nitrogen and oxygen atoms in total. The number of aliphatic imine (C=N–C) groups is 1. The largest absolute Gasteiger partial charge is 0.497 e. The molecule has 0 aliphatic rings. The molecule has 2 N–H and O–H groups in total. The van der Waals surface area contributed by atoms with E-state index in [9.17, 15) is 0 Å². The van der Waals surface area contributed by atoms with Crippen molar-refractivity contribution in [2.75, 3.05) is 34.4 Å².